The van der Waals surface area contributed by atoms with Crippen LogP contribution >= 0.6 is 15.9 Å². The Morgan fingerprint density at radius 3 is 2.43 bits per heavy atom. The standard InChI is InChI=1S/C13H23Br/c1-3-5-6-7-8-9-10-12-13(14)11-4-2/h10-12H,3-9H2,1-2H3/b12-10+,13-11-. The molecule has 0 aliphatic rings. The molecule has 0 aromatic heterocycles. The number of allylic oxidation sites excluding steroid dienone is 4. The maximum absolute atomic E-state index is 3.51. The van der Waals surface area contributed by atoms with Crippen molar-refractivity contribution in [2.24, 2.45) is 0 Å². The van der Waals surface area contributed by atoms with Crippen LogP contribution in [0.4, 0.5) is 0 Å². The zero-order valence-corrected chi connectivity index (χ0v) is 11.1. The quantitative estimate of drug-likeness (QED) is 0.393. The minimum atomic E-state index is 1.10. The second kappa shape index (κ2) is 11.0. The summed E-state index contributed by atoms with van der Waals surface area (Å²) in [6.45, 7) is 4.41. The monoisotopic (exact) mass is 258 g/mol. The molecule has 1 heteroatoms. The van der Waals surface area contributed by atoms with E-state index in [-0.39, 0.29) is 0 Å². The van der Waals surface area contributed by atoms with Crippen molar-refractivity contribution in [1.82, 2.24) is 0 Å². The van der Waals surface area contributed by atoms with Crippen molar-refractivity contribution in [1.29, 1.82) is 0 Å². The first kappa shape index (κ1) is 14.0. The highest BCUT2D eigenvalue weighted by atomic mass is 79.9. The van der Waals surface area contributed by atoms with E-state index in [1.54, 1.807) is 0 Å². The van der Waals surface area contributed by atoms with Gasteiger partial charge in [0, 0.05) is 4.48 Å². The van der Waals surface area contributed by atoms with Crippen molar-refractivity contribution in [3.63, 3.8) is 0 Å². The summed E-state index contributed by atoms with van der Waals surface area (Å²) in [5.74, 6) is 0. The summed E-state index contributed by atoms with van der Waals surface area (Å²) in [6.07, 6.45) is 15.8. The minimum absolute atomic E-state index is 1.10. The first-order chi connectivity index (χ1) is 6.81. The molecule has 0 N–H and O–H groups in total. The molecule has 0 unspecified atom stereocenters. The van der Waals surface area contributed by atoms with E-state index in [0.717, 1.165) is 6.42 Å². The Hall–Kier alpha value is -0.0400. The van der Waals surface area contributed by atoms with E-state index in [1.807, 2.05) is 0 Å². The molecule has 0 bridgehead atoms. The van der Waals surface area contributed by atoms with E-state index >= 15 is 0 Å². The predicted octanol–water partition coefficient (Wildman–Crippen LogP) is 5.59. The fourth-order valence-corrected chi connectivity index (χ4v) is 1.84. The summed E-state index contributed by atoms with van der Waals surface area (Å²) in [6, 6.07) is 0. The Labute approximate surface area is 97.6 Å². The van der Waals surface area contributed by atoms with Crippen molar-refractivity contribution in [2.75, 3.05) is 0 Å². The first-order valence-electron chi connectivity index (χ1n) is 5.83. The summed E-state index contributed by atoms with van der Waals surface area (Å²) in [7, 11) is 0. The largest absolute Gasteiger partial charge is 0.0834 e. The lowest BCUT2D eigenvalue weighted by Gasteiger charge is -1.96. The molecular formula is C13H23Br. The van der Waals surface area contributed by atoms with Gasteiger partial charge in [0.05, 0.1) is 0 Å². The van der Waals surface area contributed by atoms with Crippen LogP contribution in [0.3, 0.4) is 0 Å². The summed E-state index contributed by atoms with van der Waals surface area (Å²) < 4.78 is 1.22. The molecule has 0 atom stereocenters. The Bertz CT molecular complexity index is 168. The molecule has 0 amide bonds. The maximum Gasteiger partial charge on any atom is 0.0132 e. The van der Waals surface area contributed by atoms with Crippen LogP contribution in [-0.4, -0.2) is 0 Å². The lowest BCUT2D eigenvalue weighted by Crippen LogP contribution is -1.75. The number of unbranched alkanes of at least 4 members (excludes halogenated alkanes) is 5. The molecule has 0 rings (SSSR count). The van der Waals surface area contributed by atoms with Crippen LogP contribution in [0.15, 0.2) is 22.7 Å². The van der Waals surface area contributed by atoms with Crippen LogP contribution < -0.4 is 0 Å². The summed E-state index contributed by atoms with van der Waals surface area (Å²) in [4.78, 5) is 0. The third-order valence-corrected chi connectivity index (χ3v) is 2.74. The average Bonchev–Trinajstić information content (AvgIpc) is 2.17. The molecule has 0 aliphatic heterocycles. The molecule has 0 heterocycles. The van der Waals surface area contributed by atoms with Gasteiger partial charge >= 0.3 is 0 Å². The van der Waals surface area contributed by atoms with Gasteiger partial charge in [0.25, 0.3) is 0 Å². The van der Waals surface area contributed by atoms with Gasteiger partial charge in [0.1, 0.15) is 0 Å². The lowest BCUT2D eigenvalue weighted by molar-refractivity contribution is 0.637. The number of rotatable bonds is 8. The van der Waals surface area contributed by atoms with Crippen molar-refractivity contribution < 1.29 is 0 Å². The van der Waals surface area contributed by atoms with Crippen molar-refractivity contribution >= 4 is 15.9 Å². The van der Waals surface area contributed by atoms with Crippen LogP contribution in [-0.2, 0) is 0 Å². The zero-order chi connectivity index (χ0) is 10.6. The molecule has 0 radical (unpaired) electrons. The van der Waals surface area contributed by atoms with E-state index in [2.05, 4.69) is 48.0 Å². The van der Waals surface area contributed by atoms with Gasteiger partial charge in [-0.25, -0.2) is 0 Å². The van der Waals surface area contributed by atoms with Gasteiger partial charge in [0.15, 0.2) is 0 Å². The fourth-order valence-electron chi connectivity index (χ4n) is 1.32. The topological polar surface area (TPSA) is 0 Å². The summed E-state index contributed by atoms with van der Waals surface area (Å²) in [5, 5.41) is 0. The highest BCUT2D eigenvalue weighted by molar-refractivity contribution is 9.11. The predicted molar refractivity (Wildman–Crippen MR) is 69.8 cm³/mol. The molecule has 0 spiro atoms. The summed E-state index contributed by atoms with van der Waals surface area (Å²) in [5.41, 5.74) is 0. The van der Waals surface area contributed by atoms with Crippen LogP contribution in [0.2, 0.25) is 0 Å². The number of hydrogen-bond acceptors (Lipinski definition) is 0. The molecular weight excluding hydrogens is 236 g/mol. The van der Waals surface area contributed by atoms with Crippen molar-refractivity contribution in [3.8, 4) is 0 Å². The molecule has 0 aliphatic carbocycles. The number of hydrogen-bond donors (Lipinski definition) is 0. The van der Waals surface area contributed by atoms with Gasteiger partial charge in [-0.1, -0.05) is 73.7 Å². The van der Waals surface area contributed by atoms with Crippen molar-refractivity contribution in [3.05, 3.63) is 22.7 Å². The Kier molecular flexibility index (Phi) is 11.0. The second-order valence-electron chi connectivity index (χ2n) is 3.60. The van der Waals surface area contributed by atoms with Crippen LogP contribution in [0, 0.1) is 0 Å². The third kappa shape index (κ3) is 10.0. The molecule has 0 saturated carbocycles. The van der Waals surface area contributed by atoms with Gasteiger partial charge < -0.3 is 0 Å². The average molecular weight is 259 g/mol. The molecule has 0 aromatic carbocycles. The third-order valence-electron chi connectivity index (χ3n) is 2.15. The molecule has 0 saturated heterocycles. The van der Waals surface area contributed by atoms with Crippen LogP contribution in [0.1, 0.15) is 58.8 Å². The fraction of sp³-hybridized carbons (Fsp3) is 0.692. The molecule has 0 aromatic rings. The van der Waals surface area contributed by atoms with Crippen LogP contribution in [0.25, 0.3) is 0 Å². The molecule has 0 nitrogen and oxygen atoms in total. The van der Waals surface area contributed by atoms with E-state index in [1.165, 1.54) is 43.0 Å². The SMILES string of the molecule is CC/C=C(Br)/C=C/CCCCCCC. The highest BCUT2D eigenvalue weighted by Gasteiger charge is 1.87. The minimum Gasteiger partial charge on any atom is -0.0834 e. The lowest BCUT2D eigenvalue weighted by atomic mass is 10.1. The van der Waals surface area contributed by atoms with Gasteiger partial charge in [-0.2, -0.15) is 0 Å². The van der Waals surface area contributed by atoms with E-state index < -0.39 is 0 Å². The zero-order valence-electron chi connectivity index (χ0n) is 9.56. The Morgan fingerprint density at radius 2 is 1.79 bits per heavy atom. The van der Waals surface area contributed by atoms with Crippen LogP contribution in [0.5, 0.6) is 0 Å². The summed E-state index contributed by atoms with van der Waals surface area (Å²) >= 11 is 3.51. The molecule has 14 heavy (non-hydrogen) atoms. The first-order valence-corrected chi connectivity index (χ1v) is 6.62. The van der Waals surface area contributed by atoms with E-state index in [4.69, 9.17) is 0 Å². The van der Waals surface area contributed by atoms with Gasteiger partial charge in [-0.3, -0.25) is 0 Å². The number of halogens is 1. The molecule has 82 valence electrons. The van der Waals surface area contributed by atoms with Crippen molar-refractivity contribution in [2.45, 2.75) is 58.8 Å². The second-order valence-corrected chi connectivity index (χ2v) is 4.52. The van der Waals surface area contributed by atoms with E-state index in [0.29, 0.717) is 0 Å². The van der Waals surface area contributed by atoms with Gasteiger partial charge in [0.2, 0.25) is 0 Å². The van der Waals surface area contributed by atoms with E-state index in [9.17, 15) is 0 Å². The normalized spacial score (nSPS) is 12.6. The maximum atomic E-state index is 3.51. The smallest absolute Gasteiger partial charge is 0.0132 e. The highest BCUT2D eigenvalue weighted by Crippen LogP contribution is 2.10. The van der Waals surface area contributed by atoms with Gasteiger partial charge in [-0.05, 0) is 19.3 Å². The molecule has 0 fully saturated rings. The van der Waals surface area contributed by atoms with Gasteiger partial charge in [-0.15, -0.1) is 0 Å². The Morgan fingerprint density at radius 1 is 1.07 bits per heavy atom. The Balaban J connectivity index is 3.30.